The van der Waals surface area contributed by atoms with E-state index in [1.165, 1.54) is 74.6 Å². The Labute approximate surface area is 227 Å². The molecule has 5 rings (SSSR count). The molecule has 0 saturated carbocycles. The van der Waals surface area contributed by atoms with Crippen molar-refractivity contribution in [3.05, 3.63) is 144 Å². The maximum atomic E-state index is 2.39. The van der Waals surface area contributed by atoms with Gasteiger partial charge >= 0.3 is 0 Å². The van der Waals surface area contributed by atoms with Crippen molar-refractivity contribution in [2.45, 2.75) is 62.4 Å². The molecular formula is C35H40P2. The minimum atomic E-state index is -0.226. The first-order valence-electron chi connectivity index (χ1n) is 14.0. The minimum Gasteiger partial charge on any atom is -0.0756 e. The van der Waals surface area contributed by atoms with Gasteiger partial charge in [-0.15, -0.1) is 0 Å². The molecule has 1 heterocycles. The lowest BCUT2D eigenvalue weighted by atomic mass is 9.87. The van der Waals surface area contributed by atoms with Crippen LogP contribution in [0.15, 0.2) is 121 Å². The number of benzene rings is 4. The van der Waals surface area contributed by atoms with Crippen LogP contribution < -0.4 is 0 Å². The first-order chi connectivity index (χ1) is 18.3. The van der Waals surface area contributed by atoms with Crippen molar-refractivity contribution in [1.82, 2.24) is 0 Å². The molecule has 0 nitrogen and oxygen atoms in total. The molecule has 0 aromatic heterocycles. The number of rotatable bonds is 8. The fourth-order valence-electron chi connectivity index (χ4n) is 6.01. The van der Waals surface area contributed by atoms with Gasteiger partial charge in [-0.1, -0.05) is 156 Å². The van der Waals surface area contributed by atoms with Gasteiger partial charge < -0.3 is 0 Å². The molecule has 2 unspecified atom stereocenters. The average molecular weight is 523 g/mol. The zero-order chi connectivity index (χ0) is 25.2. The van der Waals surface area contributed by atoms with Crippen LogP contribution in [-0.4, -0.2) is 11.3 Å². The third-order valence-corrected chi connectivity index (χ3v) is 17.1. The van der Waals surface area contributed by atoms with E-state index in [0.717, 1.165) is 0 Å². The molecule has 4 aromatic carbocycles. The topological polar surface area (TPSA) is 0 Å². The quantitative estimate of drug-likeness (QED) is 0.202. The Bertz CT molecular complexity index is 1130. The zero-order valence-corrected chi connectivity index (χ0v) is 23.8. The Hall–Kier alpha value is -2.26. The van der Waals surface area contributed by atoms with Crippen LogP contribution in [0.3, 0.4) is 0 Å². The summed E-state index contributed by atoms with van der Waals surface area (Å²) in [5.41, 5.74) is 6.13. The van der Waals surface area contributed by atoms with Gasteiger partial charge in [-0.05, 0) is 66.4 Å². The van der Waals surface area contributed by atoms with E-state index in [0.29, 0.717) is 5.16 Å². The standard InChI is InChI=1S/C35H40P2/c1-2-16-26-36(29-33-21-11-5-12-22-33)37(30-34-23-13-6-14-24-34)35(25-15-1,27-31-17-7-3-8-18-31)28-32-19-9-4-10-20-32/h3-14,17-24H,1-2,15-16,25-30H2. The second kappa shape index (κ2) is 13.5. The zero-order valence-electron chi connectivity index (χ0n) is 22.0. The summed E-state index contributed by atoms with van der Waals surface area (Å²) in [6.07, 6.45) is 13.3. The normalized spacial score (nSPS) is 19.9. The van der Waals surface area contributed by atoms with E-state index in [1.807, 2.05) is 0 Å². The van der Waals surface area contributed by atoms with Crippen LogP contribution in [0, 0.1) is 0 Å². The van der Waals surface area contributed by atoms with E-state index in [9.17, 15) is 0 Å². The Balaban J connectivity index is 1.62. The maximum Gasteiger partial charge on any atom is 0.00278 e. The number of hydrogen-bond donors (Lipinski definition) is 0. The summed E-state index contributed by atoms with van der Waals surface area (Å²) in [6, 6.07) is 45.7. The molecule has 1 saturated heterocycles. The van der Waals surface area contributed by atoms with E-state index in [-0.39, 0.29) is 15.2 Å². The lowest BCUT2D eigenvalue weighted by Gasteiger charge is -2.46. The smallest absolute Gasteiger partial charge is 0.00278 e. The van der Waals surface area contributed by atoms with Gasteiger partial charge in [0.25, 0.3) is 0 Å². The van der Waals surface area contributed by atoms with Crippen molar-refractivity contribution in [3.8, 4) is 0 Å². The van der Waals surface area contributed by atoms with Crippen LogP contribution in [0.25, 0.3) is 0 Å². The molecule has 4 aromatic rings. The first kappa shape index (κ1) is 26.4. The summed E-state index contributed by atoms with van der Waals surface area (Å²) in [7, 11) is -0.337. The summed E-state index contributed by atoms with van der Waals surface area (Å²) < 4.78 is 0. The van der Waals surface area contributed by atoms with Crippen LogP contribution in [0.5, 0.6) is 0 Å². The highest BCUT2D eigenvalue weighted by atomic mass is 32.1. The molecular weight excluding hydrogens is 482 g/mol. The lowest BCUT2D eigenvalue weighted by molar-refractivity contribution is 0.487. The summed E-state index contributed by atoms with van der Waals surface area (Å²) in [5, 5.41) is 0.318. The first-order valence-corrected chi connectivity index (χ1v) is 17.9. The highest BCUT2D eigenvalue weighted by Crippen LogP contribution is 2.80. The highest BCUT2D eigenvalue weighted by Gasteiger charge is 2.42. The van der Waals surface area contributed by atoms with Crippen LogP contribution in [0.2, 0.25) is 0 Å². The van der Waals surface area contributed by atoms with E-state index in [1.54, 1.807) is 11.1 Å². The third kappa shape index (κ3) is 7.41. The van der Waals surface area contributed by atoms with Crippen LogP contribution >= 0.6 is 15.2 Å². The fraction of sp³-hybridized carbons (Fsp3) is 0.314. The highest BCUT2D eigenvalue weighted by molar-refractivity contribution is 8.29. The molecule has 2 atom stereocenters. The van der Waals surface area contributed by atoms with Gasteiger partial charge in [0, 0.05) is 5.16 Å². The molecule has 0 radical (unpaired) electrons. The average Bonchev–Trinajstić information content (AvgIpc) is 3.02. The molecule has 0 bridgehead atoms. The monoisotopic (exact) mass is 522 g/mol. The van der Waals surface area contributed by atoms with Crippen molar-refractivity contribution in [2.75, 3.05) is 6.16 Å². The Morgan fingerprint density at radius 1 is 0.459 bits per heavy atom. The molecule has 190 valence electrons. The van der Waals surface area contributed by atoms with Gasteiger partial charge in [0.15, 0.2) is 0 Å². The van der Waals surface area contributed by atoms with Gasteiger partial charge in [0.2, 0.25) is 0 Å². The third-order valence-electron chi connectivity index (χ3n) is 7.83. The predicted molar refractivity (Wildman–Crippen MR) is 165 cm³/mol. The van der Waals surface area contributed by atoms with Crippen LogP contribution in [-0.2, 0) is 25.2 Å². The molecule has 0 aliphatic carbocycles. The van der Waals surface area contributed by atoms with Crippen molar-refractivity contribution < 1.29 is 0 Å². The molecule has 37 heavy (non-hydrogen) atoms. The van der Waals surface area contributed by atoms with Gasteiger partial charge in [0.1, 0.15) is 0 Å². The van der Waals surface area contributed by atoms with Crippen molar-refractivity contribution in [3.63, 3.8) is 0 Å². The van der Waals surface area contributed by atoms with Crippen molar-refractivity contribution in [2.24, 2.45) is 0 Å². The Morgan fingerprint density at radius 3 is 1.41 bits per heavy atom. The molecule has 1 fully saturated rings. The molecule has 0 spiro atoms. The lowest BCUT2D eigenvalue weighted by Crippen LogP contribution is -2.33. The molecule has 1 aliphatic rings. The van der Waals surface area contributed by atoms with Gasteiger partial charge in [-0.2, -0.15) is 0 Å². The Kier molecular flexibility index (Phi) is 9.62. The van der Waals surface area contributed by atoms with E-state index >= 15 is 0 Å². The summed E-state index contributed by atoms with van der Waals surface area (Å²) >= 11 is 0. The second-order valence-electron chi connectivity index (χ2n) is 10.6. The van der Waals surface area contributed by atoms with Gasteiger partial charge in [0.05, 0.1) is 0 Å². The molecule has 2 heteroatoms. The van der Waals surface area contributed by atoms with E-state index in [4.69, 9.17) is 0 Å². The minimum absolute atomic E-state index is 0.111. The largest absolute Gasteiger partial charge is 0.0756 e. The molecule has 0 amide bonds. The van der Waals surface area contributed by atoms with Crippen LogP contribution in [0.4, 0.5) is 0 Å². The fourth-order valence-corrected chi connectivity index (χ4v) is 16.4. The second-order valence-corrected chi connectivity index (χ2v) is 17.6. The SMILES string of the molecule is c1ccc(CP2CCCCCCC(Cc3ccccc3)(Cc3ccccc3)P2Cc2ccccc2)cc1. The predicted octanol–water partition coefficient (Wildman–Crippen LogP) is 10.5. The summed E-state index contributed by atoms with van der Waals surface area (Å²) in [5.74, 6) is 0. The summed E-state index contributed by atoms with van der Waals surface area (Å²) in [6.45, 7) is 0. The van der Waals surface area contributed by atoms with Gasteiger partial charge in [-0.25, -0.2) is 0 Å². The van der Waals surface area contributed by atoms with E-state index < -0.39 is 0 Å². The number of hydrogen-bond acceptors (Lipinski definition) is 0. The van der Waals surface area contributed by atoms with E-state index in [2.05, 4.69) is 121 Å². The van der Waals surface area contributed by atoms with Crippen molar-refractivity contribution >= 4 is 15.2 Å². The summed E-state index contributed by atoms with van der Waals surface area (Å²) in [4.78, 5) is 0. The molecule has 1 aliphatic heterocycles. The maximum absolute atomic E-state index is 2.39. The van der Waals surface area contributed by atoms with Crippen LogP contribution in [0.1, 0.15) is 54.4 Å². The van der Waals surface area contributed by atoms with Gasteiger partial charge in [-0.3, -0.25) is 0 Å². The Morgan fingerprint density at radius 2 is 0.892 bits per heavy atom. The molecule has 0 N–H and O–H groups in total. The van der Waals surface area contributed by atoms with Crippen molar-refractivity contribution in [1.29, 1.82) is 0 Å².